The van der Waals surface area contributed by atoms with Crippen molar-refractivity contribution in [2.24, 2.45) is 5.92 Å². The Balaban J connectivity index is 1.89. The Morgan fingerprint density at radius 1 is 1.00 bits per heavy atom. The van der Waals surface area contributed by atoms with Crippen LogP contribution in [0.25, 0.3) is 0 Å². The fourth-order valence-electron chi connectivity index (χ4n) is 3.60. The molecule has 1 heterocycles. The van der Waals surface area contributed by atoms with Crippen molar-refractivity contribution in [1.82, 2.24) is 4.90 Å². The number of imide groups is 1. The Morgan fingerprint density at radius 3 is 2.11 bits per heavy atom. The molecule has 5 nitrogen and oxygen atoms in total. The zero-order valence-electron chi connectivity index (χ0n) is 16.5. The van der Waals surface area contributed by atoms with E-state index in [1.807, 2.05) is 31.2 Å². The first kappa shape index (κ1) is 19.8. The second kappa shape index (κ2) is 8.38. The summed E-state index contributed by atoms with van der Waals surface area (Å²) >= 11 is 0. The van der Waals surface area contributed by atoms with Gasteiger partial charge in [-0.3, -0.25) is 19.3 Å². The summed E-state index contributed by atoms with van der Waals surface area (Å²) in [5.74, 6) is -1.32. The van der Waals surface area contributed by atoms with Crippen LogP contribution < -0.4 is 0 Å². The number of nitrogens with zero attached hydrogens (tertiary/aromatic N) is 1. The van der Waals surface area contributed by atoms with Crippen LogP contribution in [0.15, 0.2) is 48.5 Å². The maximum absolute atomic E-state index is 13.0. The third-order valence-corrected chi connectivity index (χ3v) is 5.10. The zero-order valence-corrected chi connectivity index (χ0v) is 16.5. The summed E-state index contributed by atoms with van der Waals surface area (Å²) in [4.78, 5) is 39.4. The van der Waals surface area contributed by atoms with E-state index in [9.17, 15) is 14.4 Å². The van der Waals surface area contributed by atoms with Crippen LogP contribution in [-0.2, 0) is 16.0 Å². The van der Waals surface area contributed by atoms with E-state index in [1.165, 1.54) is 4.90 Å². The first-order valence-electron chi connectivity index (χ1n) is 9.61. The number of ether oxygens (including phenoxy) is 1. The molecule has 0 fully saturated rings. The first-order valence-corrected chi connectivity index (χ1v) is 9.61. The fraction of sp³-hybridized carbons (Fsp3) is 0.348. The molecule has 2 aromatic rings. The summed E-state index contributed by atoms with van der Waals surface area (Å²) in [5.41, 5.74) is 3.00. The molecule has 0 radical (unpaired) electrons. The van der Waals surface area contributed by atoms with E-state index in [2.05, 4.69) is 0 Å². The molecule has 0 bridgehead atoms. The predicted molar refractivity (Wildman–Crippen MR) is 106 cm³/mol. The van der Waals surface area contributed by atoms with Gasteiger partial charge in [0.2, 0.25) is 0 Å². The minimum Gasteiger partial charge on any atom is -0.466 e. The molecule has 0 spiro atoms. The van der Waals surface area contributed by atoms with Gasteiger partial charge in [-0.2, -0.15) is 0 Å². The van der Waals surface area contributed by atoms with E-state index >= 15 is 0 Å². The fourth-order valence-corrected chi connectivity index (χ4v) is 3.60. The molecule has 28 heavy (non-hydrogen) atoms. The van der Waals surface area contributed by atoms with Crippen molar-refractivity contribution < 1.29 is 19.1 Å². The van der Waals surface area contributed by atoms with Gasteiger partial charge >= 0.3 is 5.97 Å². The lowest BCUT2D eigenvalue weighted by Crippen LogP contribution is -2.43. The average Bonchev–Trinajstić information content (AvgIpc) is 2.94. The van der Waals surface area contributed by atoms with Crippen LogP contribution in [0.2, 0.25) is 0 Å². The number of amides is 2. The van der Waals surface area contributed by atoms with Gasteiger partial charge in [-0.15, -0.1) is 0 Å². The van der Waals surface area contributed by atoms with Gasteiger partial charge in [-0.1, -0.05) is 48.9 Å². The van der Waals surface area contributed by atoms with Gasteiger partial charge in [0, 0.05) is 6.04 Å². The Kier molecular flexibility index (Phi) is 5.93. The third-order valence-electron chi connectivity index (χ3n) is 5.10. The van der Waals surface area contributed by atoms with Gasteiger partial charge in [0.1, 0.15) is 0 Å². The molecule has 0 unspecified atom stereocenters. The molecule has 0 aromatic heterocycles. The van der Waals surface area contributed by atoms with Crippen LogP contribution in [-0.4, -0.2) is 35.3 Å². The Bertz CT molecular complexity index is 853. The monoisotopic (exact) mass is 379 g/mol. The summed E-state index contributed by atoms with van der Waals surface area (Å²) in [6, 6.07) is 14.4. The lowest BCUT2D eigenvalue weighted by Gasteiger charge is -2.28. The summed E-state index contributed by atoms with van der Waals surface area (Å²) in [5, 5.41) is 0. The summed E-state index contributed by atoms with van der Waals surface area (Å²) in [7, 11) is 0. The molecule has 0 saturated carbocycles. The van der Waals surface area contributed by atoms with E-state index in [-0.39, 0.29) is 17.8 Å². The highest BCUT2D eigenvalue weighted by Crippen LogP contribution is 2.29. The maximum Gasteiger partial charge on any atom is 0.308 e. The quantitative estimate of drug-likeness (QED) is 0.542. The molecule has 0 N–H and O–H groups in total. The predicted octanol–water partition coefficient (Wildman–Crippen LogP) is 3.79. The highest BCUT2D eigenvalue weighted by molar-refractivity contribution is 6.21. The normalized spacial score (nSPS) is 15.3. The van der Waals surface area contributed by atoms with Gasteiger partial charge in [0.05, 0.1) is 23.7 Å². The Labute approximate surface area is 165 Å². The second-order valence-electron chi connectivity index (χ2n) is 7.26. The molecule has 0 saturated heterocycles. The minimum atomic E-state index is -0.422. The van der Waals surface area contributed by atoms with E-state index in [0.717, 1.165) is 11.1 Å². The van der Waals surface area contributed by atoms with E-state index in [0.29, 0.717) is 30.6 Å². The van der Waals surface area contributed by atoms with Crippen molar-refractivity contribution in [2.45, 2.75) is 39.7 Å². The molecule has 2 atom stereocenters. The van der Waals surface area contributed by atoms with Crippen LogP contribution in [0.1, 0.15) is 52.1 Å². The molecule has 1 aliphatic heterocycles. The molecular weight excluding hydrogens is 354 g/mol. The molecule has 146 valence electrons. The van der Waals surface area contributed by atoms with E-state index < -0.39 is 12.0 Å². The number of rotatable bonds is 7. The SMILES string of the molecule is CCOC(=O)[C@@H](C)C[C@H](Cc1ccc(C)cc1)N1C(=O)c2ccccc2C1=O. The summed E-state index contributed by atoms with van der Waals surface area (Å²) in [6.45, 7) is 5.85. The van der Waals surface area contributed by atoms with Gasteiger partial charge in [-0.05, 0) is 44.4 Å². The van der Waals surface area contributed by atoms with Crippen molar-refractivity contribution in [3.63, 3.8) is 0 Å². The Hall–Kier alpha value is -2.95. The van der Waals surface area contributed by atoms with Gasteiger partial charge in [0.25, 0.3) is 11.8 Å². The molecule has 2 amide bonds. The number of carbonyl (C=O) groups is 3. The minimum absolute atomic E-state index is 0.297. The van der Waals surface area contributed by atoms with Crippen molar-refractivity contribution in [3.8, 4) is 0 Å². The lowest BCUT2D eigenvalue weighted by molar-refractivity contribution is -0.148. The highest BCUT2D eigenvalue weighted by atomic mass is 16.5. The first-order chi connectivity index (χ1) is 13.4. The van der Waals surface area contributed by atoms with Crippen LogP contribution in [0.4, 0.5) is 0 Å². The molecule has 3 rings (SSSR count). The van der Waals surface area contributed by atoms with Crippen LogP contribution >= 0.6 is 0 Å². The smallest absolute Gasteiger partial charge is 0.308 e. The number of hydrogen-bond acceptors (Lipinski definition) is 4. The number of esters is 1. The Morgan fingerprint density at radius 2 is 1.57 bits per heavy atom. The average molecular weight is 379 g/mol. The van der Waals surface area contributed by atoms with Gasteiger partial charge in [-0.25, -0.2) is 0 Å². The van der Waals surface area contributed by atoms with E-state index in [1.54, 1.807) is 38.1 Å². The topological polar surface area (TPSA) is 63.7 Å². The number of benzene rings is 2. The van der Waals surface area contributed by atoms with Crippen LogP contribution in [0.5, 0.6) is 0 Å². The molecule has 5 heteroatoms. The summed E-state index contributed by atoms with van der Waals surface area (Å²) < 4.78 is 5.12. The third kappa shape index (κ3) is 3.98. The molecule has 2 aromatic carbocycles. The van der Waals surface area contributed by atoms with Gasteiger partial charge in [0.15, 0.2) is 0 Å². The highest BCUT2D eigenvalue weighted by Gasteiger charge is 2.40. The largest absolute Gasteiger partial charge is 0.466 e. The molecule has 0 aliphatic carbocycles. The maximum atomic E-state index is 13.0. The number of fused-ring (bicyclic) bond motifs is 1. The van der Waals surface area contributed by atoms with E-state index in [4.69, 9.17) is 4.74 Å². The molecular formula is C23H25NO4. The molecule has 1 aliphatic rings. The van der Waals surface area contributed by atoms with Crippen LogP contribution in [0.3, 0.4) is 0 Å². The van der Waals surface area contributed by atoms with Crippen molar-refractivity contribution >= 4 is 17.8 Å². The summed E-state index contributed by atoms with van der Waals surface area (Å²) in [6.07, 6.45) is 0.855. The lowest BCUT2D eigenvalue weighted by atomic mass is 9.94. The van der Waals surface area contributed by atoms with Crippen molar-refractivity contribution in [2.75, 3.05) is 6.61 Å². The van der Waals surface area contributed by atoms with Crippen molar-refractivity contribution in [3.05, 3.63) is 70.8 Å². The number of hydrogen-bond donors (Lipinski definition) is 0. The van der Waals surface area contributed by atoms with Gasteiger partial charge < -0.3 is 4.74 Å². The number of carbonyl (C=O) groups excluding carboxylic acids is 3. The zero-order chi connectivity index (χ0) is 20.3. The second-order valence-corrected chi connectivity index (χ2v) is 7.26. The van der Waals surface area contributed by atoms with Crippen molar-refractivity contribution in [1.29, 1.82) is 0 Å². The standard InChI is InChI=1S/C23H25NO4/c1-4-28-23(27)16(3)13-18(14-17-11-9-15(2)10-12-17)24-21(25)19-7-5-6-8-20(19)22(24)26/h5-12,16,18H,4,13-14H2,1-3H3/t16-,18+/m0/s1. The number of aryl methyl sites for hydroxylation is 1. The van der Waals surface area contributed by atoms with Crippen LogP contribution in [0, 0.1) is 12.8 Å².